The van der Waals surface area contributed by atoms with E-state index in [-0.39, 0.29) is 11.9 Å². The second kappa shape index (κ2) is 4.03. The van der Waals surface area contributed by atoms with E-state index in [2.05, 4.69) is 20.4 Å². The summed E-state index contributed by atoms with van der Waals surface area (Å²) in [7, 11) is 0. The molecule has 1 aliphatic heterocycles. The van der Waals surface area contributed by atoms with Crippen LogP contribution in [0.1, 0.15) is 28.0 Å². The molecule has 3 heterocycles. The summed E-state index contributed by atoms with van der Waals surface area (Å²) in [6.45, 7) is 1.44. The normalized spacial score (nSPS) is 16.7. The molecule has 7 nitrogen and oxygen atoms in total. The number of nitrogens with two attached hydrogens (primary N) is 1. The lowest BCUT2D eigenvalue weighted by Crippen LogP contribution is -2.24. The second-order valence-corrected chi connectivity index (χ2v) is 5.11. The number of nitrogen functional groups attached to an aromatic ring is 1. The first kappa shape index (κ1) is 11.4. The van der Waals surface area contributed by atoms with E-state index in [1.165, 1.54) is 0 Å². The van der Waals surface area contributed by atoms with Crippen molar-refractivity contribution in [3.8, 4) is 11.4 Å². The summed E-state index contributed by atoms with van der Waals surface area (Å²) in [5.41, 5.74) is 9.94. The summed E-state index contributed by atoms with van der Waals surface area (Å²) in [4.78, 5) is 20.5. The Balaban J connectivity index is 1.95. The fraction of sp³-hybridized carbons (Fsp3) is 0.385. The van der Waals surface area contributed by atoms with Crippen molar-refractivity contribution >= 4 is 11.9 Å². The monoisotopic (exact) mass is 270 g/mol. The topological polar surface area (TPSA) is 98.7 Å². The van der Waals surface area contributed by atoms with E-state index in [1.54, 1.807) is 10.9 Å². The third-order valence-electron chi connectivity index (χ3n) is 3.85. The molecule has 0 aromatic carbocycles. The van der Waals surface area contributed by atoms with Gasteiger partial charge in [-0.2, -0.15) is 5.10 Å². The standard InChI is InChI=1S/C13H14N6O/c14-13-16-6-7-2-3-8-10(9(7)17-13)18-19-5-1-4-15-12(20)11(8)19/h6H,1-5H2,(H,15,20)(H2,14,16,17). The van der Waals surface area contributed by atoms with Crippen molar-refractivity contribution in [3.63, 3.8) is 0 Å². The van der Waals surface area contributed by atoms with Crippen LogP contribution in [0.15, 0.2) is 6.20 Å². The Hall–Kier alpha value is -2.44. The molecule has 3 N–H and O–H groups in total. The maximum absolute atomic E-state index is 12.2. The zero-order valence-corrected chi connectivity index (χ0v) is 10.9. The first-order chi connectivity index (χ1) is 9.74. The zero-order chi connectivity index (χ0) is 13.7. The summed E-state index contributed by atoms with van der Waals surface area (Å²) >= 11 is 0. The predicted octanol–water partition coefficient (Wildman–Crippen LogP) is 0.154. The fourth-order valence-electron chi connectivity index (χ4n) is 2.92. The number of anilines is 1. The fourth-order valence-corrected chi connectivity index (χ4v) is 2.92. The minimum Gasteiger partial charge on any atom is -0.368 e. The number of aryl methyl sites for hydroxylation is 2. The van der Waals surface area contributed by atoms with Crippen molar-refractivity contribution in [2.24, 2.45) is 0 Å². The molecule has 0 radical (unpaired) electrons. The van der Waals surface area contributed by atoms with Gasteiger partial charge in [-0.25, -0.2) is 9.97 Å². The highest BCUT2D eigenvalue weighted by molar-refractivity contribution is 5.96. The number of carbonyl (C=O) groups excluding carboxylic acids is 1. The third kappa shape index (κ3) is 1.52. The molecule has 0 bridgehead atoms. The van der Waals surface area contributed by atoms with Crippen molar-refractivity contribution in [1.29, 1.82) is 0 Å². The summed E-state index contributed by atoms with van der Waals surface area (Å²) in [5, 5.41) is 7.51. The molecule has 0 atom stereocenters. The van der Waals surface area contributed by atoms with Gasteiger partial charge in [-0.1, -0.05) is 0 Å². The molecule has 102 valence electrons. The van der Waals surface area contributed by atoms with Crippen LogP contribution in [0.5, 0.6) is 0 Å². The highest BCUT2D eigenvalue weighted by Gasteiger charge is 2.30. The lowest BCUT2D eigenvalue weighted by Gasteiger charge is -2.14. The van der Waals surface area contributed by atoms with Crippen LogP contribution in [0.25, 0.3) is 11.4 Å². The van der Waals surface area contributed by atoms with Gasteiger partial charge in [0, 0.05) is 24.8 Å². The lowest BCUT2D eigenvalue weighted by atomic mass is 9.93. The van der Waals surface area contributed by atoms with E-state index in [1.807, 2.05) is 0 Å². The number of fused-ring (bicyclic) bond motifs is 5. The van der Waals surface area contributed by atoms with Crippen LogP contribution in [-0.4, -0.2) is 32.2 Å². The van der Waals surface area contributed by atoms with Crippen molar-refractivity contribution in [2.45, 2.75) is 25.8 Å². The molecule has 0 saturated carbocycles. The number of carbonyl (C=O) groups is 1. The van der Waals surface area contributed by atoms with Crippen molar-refractivity contribution < 1.29 is 4.79 Å². The molecule has 2 aromatic heterocycles. The van der Waals surface area contributed by atoms with E-state index in [0.29, 0.717) is 12.2 Å². The Bertz CT molecular complexity index is 720. The van der Waals surface area contributed by atoms with Gasteiger partial charge in [0.15, 0.2) is 0 Å². The summed E-state index contributed by atoms with van der Waals surface area (Å²) in [6, 6.07) is 0. The number of amides is 1. The van der Waals surface area contributed by atoms with Crippen LogP contribution in [0, 0.1) is 0 Å². The average Bonchev–Trinajstić information content (AvgIpc) is 2.72. The number of hydrogen-bond acceptors (Lipinski definition) is 5. The quantitative estimate of drug-likeness (QED) is 0.710. The van der Waals surface area contributed by atoms with E-state index in [9.17, 15) is 4.79 Å². The largest absolute Gasteiger partial charge is 0.368 e. The van der Waals surface area contributed by atoms with Crippen LogP contribution >= 0.6 is 0 Å². The van der Waals surface area contributed by atoms with Crippen LogP contribution < -0.4 is 11.1 Å². The van der Waals surface area contributed by atoms with Crippen molar-refractivity contribution in [1.82, 2.24) is 25.1 Å². The minimum atomic E-state index is -0.0401. The number of hydrogen-bond donors (Lipinski definition) is 2. The van der Waals surface area contributed by atoms with Crippen molar-refractivity contribution in [3.05, 3.63) is 23.0 Å². The van der Waals surface area contributed by atoms with Gasteiger partial charge in [-0.05, 0) is 24.8 Å². The van der Waals surface area contributed by atoms with Gasteiger partial charge in [0.25, 0.3) is 5.91 Å². The Morgan fingerprint density at radius 2 is 2.20 bits per heavy atom. The molecule has 0 saturated heterocycles. The molecule has 2 aliphatic rings. The van der Waals surface area contributed by atoms with Gasteiger partial charge in [0.1, 0.15) is 11.4 Å². The maximum atomic E-state index is 12.2. The average molecular weight is 270 g/mol. The van der Waals surface area contributed by atoms with Gasteiger partial charge >= 0.3 is 0 Å². The molecular formula is C13H14N6O. The molecule has 1 amide bonds. The van der Waals surface area contributed by atoms with Crippen LogP contribution in [-0.2, 0) is 19.4 Å². The molecule has 7 heteroatoms. The molecule has 0 unspecified atom stereocenters. The highest BCUT2D eigenvalue weighted by atomic mass is 16.2. The summed E-state index contributed by atoms with van der Waals surface area (Å²) < 4.78 is 1.81. The minimum absolute atomic E-state index is 0.0401. The summed E-state index contributed by atoms with van der Waals surface area (Å²) in [6.07, 6.45) is 4.25. The lowest BCUT2D eigenvalue weighted by molar-refractivity contribution is 0.0949. The number of nitrogens with zero attached hydrogens (tertiary/aromatic N) is 4. The van der Waals surface area contributed by atoms with E-state index in [0.717, 1.165) is 48.3 Å². The van der Waals surface area contributed by atoms with Crippen LogP contribution in [0.3, 0.4) is 0 Å². The highest BCUT2D eigenvalue weighted by Crippen LogP contribution is 2.33. The van der Waals surface area contributed by atoms with Gasteiger partial charge in [-0.15, -0.1) is 0 Å². The van der Waals surface area contributed by atoms with Crippen LogP contribution in [0.4, 0.5) is 5.95 Å². The first-order valence-electron chi connectivity index (χ1n) is 6.73. The molecule has 1 aliphatic carbocycles. The van der Waals surface area contributed by atoms with Gasteiger partial charge < -0.3 is 11.1 Å². The number of aromatic nitrogens is 4. The van der Waals surface area contributed by atoms with Crippen LogP contribution in [0.2, 0.25) is 0 Å². The maximum Gasteiger partial charge on any atom is 0.269 e. The smallest absolute Gasteiger partial charge is 0.269 e. The molecule has 0 spiro atoms. The van der Waals surface area contributed by atoms with E-state index < -0.39 is 0 Å². The molecule has 2 aromatic rings. The number of rotatable bonds is 0. The Kier molecular flexibility index (Phi) is 2.29. The van der Waals surface area contributed by atoms with Gasteiger partial charge in [0.2, 0.25) is 5.95 Å². The van der Waals surface area contributed by atoms with E-state index in [4.69, 9.17) is 5.73 Å². The first-order valence-corrected chi connectivity index (χ1v) is 6.73. The Morgan fingerprint density at radius 1 is 1.30 bits per heavy atom. The van der Waals surface area contributed by atoms with Gasteiger partial charge in [0.05, 0.1) is 5.69 Å². The SMILES string of the molecule is Nc1ncc2c(n1)-c1nn3c(c1CC2)C(=O)NCCC3. The van der Waals surface area contributed by atoms with Gasteiger partial charge in [-0.3, -0.25) is 9.48 Å². The molecular weight excluding hydrogens is 256 g/mol. The zero-order valence-electron chi connectivity index (χ0n) is 10.9. The number of nitrogens with one attached hydrogen (secondary N) is 1. The van der Waals surface area contributed by atoms with Crippen molar-refractivity contribution in [2.75, 3.05) is 12.3 Å². The predicted molar refractivity (Wildman–Crippen MR) is 72.0 cm³/mol. The molecule has 0 fully saturated rings. The second-order valence-electron chi connectivity index (χ2n) is 5.11. The molecule has 4 rings (SSSR count). The molecule has 20 heavy (non-hydrogen) atoms. The Labute approximate surface area is 115 Å². The Morgan fingerprint density at radius 3 is 3.10 bits per heavy atom. The van der Waals surface area contributed by atoms with E-state index >= 15 is 0 Å². The third-order valence-corrected chi connectivity index (χ3v) is 3.85. The summed E-state index contributed by atoms with van der Waals surface area (Å²) in [5.74, 6) is 0.200.